The summed E-state index contributed by atoms with van der Waals surface area (Å²) < 4.78 is 17.8. The van der Waals surface area contributed by atoms with Gasteiger partial charge in [-0.1, -0.05) is 11.6 Å². The predicted octanol–water partition coefficient (Wildman–Crippen LogP) is 4.41. The molecule has 0 aliphatic rings. The minimum Gasteiger partial charge on any atom is -0.484 e. The first-order valence-corrected chi connectivity index (χ1v) is 11.1. The van der Waals surface area contributed by atoms with Crippen molar-refractivity contribution in [1.29, 1.82) is 0 Å². The third kappa shape index (κ3) is 5.73. The predicted molar refractivity (Wildman–Crippen MR) is 127 cm³/mol. The first-order valence-electron chi connectivity index (χ1n) is 10.7. The van der Waals surface area contributed by atoms with E-state index in [1.54, 1.807) is 12.1 Å². The number of benzene rings is 1. The maximum Gasteiger partial charge on any atom is 0.291 e. The molecule has 36 heavy (non-hydrogen) atoms. The van der Waals surface area contributed by atoms with Gasteiger partial charge in [0.05, 0.1) is 34.5 Å². The lowest BCUT2D eigenvalue weighted by atomic mass is 10.3. The lowest BCUT2D eigenvalue weighted by molar-refractivity contribution is -0.384. The zero-order chi connectivity index (χ0) is 25.7. The van der Waals surface area contributed by atoms with Crippen LogP contribution in [0.15, 0.2) is 63.8 Å². The number of carbonyl (C=O) groups excluding carboxylic acids is 2. The highest BCUT2D eigenvalue weighted by Gasteiger charge is 2.21. The van der Waals surface area contributed by atoms with Crippen LogP contribution in [0.1, 0.15) is 39.5 Å². The average molecular weight is 514 g/mol. The van der Waals surface area contributed by atoms with Gasteiger partial charge in [0.25, 0.3) is 17.5 Å². The Hall–Kier alpha value is -4.58. The molecule has 2 N–H and O–H groups in total. The van der Waals surface area contributed by atoms with Crippen molar-refractivity contribution in [1.82, 2.24) is 15.1 Å². The van der Waals surface area contributed by atoms with Crippen molar-refractivity contribution in [2.24, 2.45) is 0 Å². The fourth-order valence-electron chi connectivity index (χ4n) is 3.13. The van der Waals surface area contributed by atoms with Gasteiger partial charge in [-0.25, -0.2) is 0 Å². The van der Waals surface area contributed by atoms with Gasteiger partial charge in [0.2, 0.25) is 0 Å². The van der Waals surface area contributed by atoms with Gasteiger partial charge in [-0.15, -0.1) is 0 Å². The molecule has 0 aliphatic carbocycles. The summed E-state index contributed by atoms with van der Waals surface area (Å²) in [7, 11) is 0. The van der Waals surface area contributed by atoms with Crippen molar-refractivity contribution in [3.63, 3.8) is 0 Å². The molecule has 0 unspecified atom stereocenters. The second kappa shape index (κ2) is 10.8. The Morgan fingerprint density at radius 3 is 2.75 bits per heavy atom. The summed E-state index contributed by atoms with van der Waals surface area (Å²) in [6.45, 7) is 2.36. The lowest BCUT2D eigenvalue weighted by Crippen LogP contribution is -2.25. The number of aromatic nitrogens is 2. The number of nitrogens with zero attached hydrogens (tertiary/aromatic N) is 3. The number of aryl methyl sites for hydroxylation is 1. The summed E-state index contributed by atoms with van der Waals surface area (Å²) >= 11 is 6.03. The number of nitro groups is 1. The van der Waals surface area contributed by atoms with E-state index in [4.69, 9.17) is 25.2 Å². The van der Waals surface area contributed by atoms with E-state index in [1.165, 1.54) is 47.5 Å². The fraction of sp³-hybridized carbons (Fsp3) is 0.174. The minimum atomic E-state index is -0.606. The van der Waals surface area contributed by atoms with Gasteiger partial charge >= 0.3 is 0 Å². The summed E-state index contributed by atoms with van der Waals surface area (Å²) in [6.07, 6.45) is 3.04. The van der Waals surface area contributed by atoms with E-state index < -0.39 is 16.7 Å². The molecule has 0 atom stereocenters. The van der Waals surface area contributed by atoms with Gasteiger partial charge in [0, 0.05) is 18.8 Å². The molecule has 0 saturated heterocycles. The first kappa shape index (κ1) is 24.5. The van der Waals surface area contributed by atoms with Crippen molar-refractivity contribution in [2.45, 2.75) is 26.6 Å². The van der Waals surface area contributed by atoms with E-state index >= 15 is 0 Å². The molecule has 0 radical (unpaired) electrons. The molecule has 4 aromatic rings. The second-order valence-electron chi connectivity index (χ2n) is 7.39. The summed E-state index contributed by atoms with van der Waals surface area (Å²) in [6, 6.07) is 10.2. The summed E-state index contributed by atoms with van der Waals surface area (Å²) in [5.41, 5.74) is 0.0640. The number of furan rings is 2. The van der Waals surface area contributed by atoms with Crippen molar-refractivity contribution in [3.8, 4) is 5.75 Å². The maximum absolute atomic E-state index is 12.8. The fourth-order valence-corrected chi connectivity index (χ4v) is 3.31. The summed E-state index contributed by atoms with van der Waals surface area (Å²) in [4.78, 5) is 35.8. The number of carbonyl (C=O) groups is 2. The highest BCUT2D eigenvalue weighted by atomic mass is 35.5. The van der Waals surface area contributed by atoms with E-state index in [0.717, 1.165) is 0 Å². The van der Waals surface area contributed by atoms with Crippen LogP contribution in [0.4, 0.5) is 11.4 Å². The zero-order valence-electron chi connectivity index (χ0n) is 18.9. The molecule has 0 saturated carbocycles. The van der Waals surface area contributed by atoms with Crippen molar-refractivity contribution >= 4 is 34.8 Å². The molecule has 0 bridgehead atoms. The molecular weight excluding hydrogens is 494 g/mol. The van der Waals surface area contributed by atoms with E-state index in [2.05, 4.69) is 15.7 Å². The number of non-ortho nitro benzene ring substituents is 1. The SMILES string of the molecule is CCn1cc(NC(=O)c2ccc(COc3cc([N+](=O)[O-])ccc3Cl)o2)c(C(=O)NCc2ccco2)n1. The Morgan fingerprint density at radius 2 is 2.03 bits per heavy atom. The van der Waals surface area contributed by atoms with Crippen LogP contribution >= 0.6 is 11.6 Å². The van der Waals surface area contributed by atoms with Crippen LogP contribution in [0, 0.1) is 10.1 Å². The number of ether oxygens (including phenoxy) is 1. The van der Waals surface area contributed by atoms with Crippen LogP contribution in [-0.4, -0.2) is 26.5 Å². The average Bonchev–Trinajstić information content (AvgIpc) is 3.63. The normalized spacial score (nSPS) is 10.7. The third-order valence-corrected chi connectivity index (χ3v) is 5.25. The largest absolute Gasteiger partial charge is 0.484 e. The Balaban J connectivity index is 1.41. The standard InChI is InChI=1S/C23H20ClN5O7/c1-2-28-12-18(21(27-28)23(31)25-11-15-4-3-9-34-15)26-22(30)19-8-6-16(36-19)13-35-20-10-14(29(32)33)5-7-17(20)24/h3-10,12H,2,11,13H2,1H3,(H,25,31)(H,26,30). The smallest absolute Gasteiger partial charge is 0.291 e. The van der Waals surface area contributed by atoms with Crippen LogP contribution in [0.2, 0.25) is 5.02 Å². The number of nitrogens with one attached hydrogen (secondary N) is 2. The zero-order valence-corrected chi connectivity index (χ0v) is 19.7. The second-order valence-corrected chi connectivity index (χ2v) is 7.80. The van der Waals surface area contributed by atoms with Crippen LogP contribution in [-0.2, 0) is 19.7 Å². The van der Waals surface area contributed by atoms with Crippen LogP contribution in [0.25, 0.3) is 0 Å². The molecule has 4 rings (SSSR count). The Labute approximate surface area is 208 Å². The number of amides is 2. The third-order valence-electron chi connectivity index (χ3n) is 4.93. The van der Waals surface area contributed by atoms with Gasteiger partial charge in [-0.05, 0) is 37.3 Å². The van der Waals surface area contributed by atoms with E-state index in [1.807, 2.05) is 6.92 Å². The molecule has 3 heterocycles. The molecule has 186 valence electrons. The van der Waals surface area contributed by atoms with E-state index in [-0.39, 0.29) is 52.5 Å². The van der Waals surface area contributed by atoms with Gasteiger partial charge < -0.3 is 24.2 Å². The molecule has 0 aliphatic heterocycles. The molecule has 2 amide bonds. The molecule has 13 heteroatoms. The Morgan fingerprint density at radius 1 is 1.19 bits per heavy atom. The molecule has 12 nitrogen and oxygen atoms in total. The Bertz CT molecular complexity index is 1390. The molecule has 1 aromatic carbocycles. The highest BCUT2D eigenvalue weighted by molar-refractivity contribution is 6.32. The number of rotatable bonds is 10. The molecule has 0 fully saturated rings. The van der Waals surface area contributed by atoms with Gasteiger partial charge in [-0.3, -0.25) is 24.4 Å². The number of nitro benzene ring substituents is 1. The monoisotopic (exact) mass is 513 g/mol. The first-order chi connectivity index (χ1) is 17.3. The number of halogens is 1. The van der Waals surface area contributed by atoms with Crippen LogP contribution in [0.5, 0.6) is 5.75 Å². The minimum absolute atomic E-state index is 0.0344. The van der Waals surface area contributed by atoms with Crippen molar-refractivity contribution < 1.29 is 28.1 Å². The number of anilines is 1. The number of hydrogen-bond acceptors (Lipinski definition) is 8. The lowest BCUT2D eigenvalue weighted by Gasteiger charge is -2.06. The van der Waals surface area contributed by atoms with Crippen LogP contribution in [0.3, 0.4) is 0 Å². The van der Waals surface area contributed by atoms with E-state index in [9.17, 15) is 19.7 Å². The Kier molecular flexibility index (Phi) is 7.35. The van der Waals surface area contributed by atoms with Crippen LogP contribution < -0.4 is 15.4 Å². The van der Waals surface area contributed by atoms with E-state index in [0.29, 0.717) is 12.3 Å². The van der Waals surface area contributed by atoms with Gasteiger partial charge in [-0.2, -0.15) is 5.10 Å². The maximum atomic E-state index is 12.8. The quantitative estimate of drug-likeness (QED) is 0.233. The van der Waals surface area contributed by atoms with Crippen molar-refractivity contribution in [2.75, 3.05) is 5.32 Å². The molecule has 0 spiro atoms. The topological polar surface area (TPSA) is 155 Å². The van der Waals surface area contributed by atoms with Gasteiger partial charge in [0.15, 0.2) is 11.5 Å². The molecular formula is C23H20ClN5O7. The summed E-state index contributed by atoms with van der Waals surface area (Å²) in [5, 5.41) is 20.7. The summed E-state index contributed by atoms with van der Waals surface area (Å²) in [5.74, 6) is -0.180. The highest BCUT2D eigenvalue weighted by Crippen LogP contribution is 2.29. The van der Waals surface area contributed by atoms with Gasteiger partial charge in [0.1, 0.15) is 23.9 Å². The van der Waals surface area contributed by atoms with Crippen molar-refractivity contribution in [3.05, 3.63) is 93.0 Å². The molecule has 3 aromatic heterocycles. The number of hydrogen-bond donors (Lipinski definition) is 2.